The fourth-order valence-corrected chi connectivity index (χ4v) is 2.71. The summed E-state index contributed by atoms with van der Waals surface area (Å²) in [5.74, 6) is 1.49. The number of carbonyl (C=O) groups is 1. The van der Waals surface area contributed by atoms with Crippen molar-refractivity contribution >= 4 is 17.3 Å². The average molecular weight is 324 g/mol. The maximum Gasteiger partial charge on any atom is 0.193 e. The lowest BCUT2D eigenvalue weighted by Crippen LogP contribution is -2.04. The summed E-state index contributed by atoms with van der Waals surface area (Å²) in [6.45, 7) is 1.78. The standard InChI is InChI=1S/C19H16O5/c1-11-8-14-16(21)9-17(12-4-6-13(22-2)7-5-12)24-19(14)15(10-20)18(11)23-3/h4-10H,1-3H3. The highest BCUT2D eigenvalue weighted by Crippen LogP contribution is 2.32. The van der Waals surface area contributed by atoms with Gasteiger partial charge in [0.1, 0.15) is 17.3 Å². The average Bonchev–Trinajstić information content (AvgIpc) is 2.61. The van der Waals surface area contributed by atoms with E-state index in [1.54, 1.807) is 44.4 Å². The van der Waals surface area contributed by atoms with Gasteiger partial charge >= 0.3 is 0 Å². The molecule has 0 aliphatic rings. The topological polar surface area (TPSA) is 65.7 Å². The lowest BCUT2D eigenvalue weighted by molar-refractivity contribution is 0.112. The summed E-state index contributed by atoms with van der Waals surface area (Å²) >= 11 is 0. The molecule has 1 aromatic heterocycles. The highest BCUT2D eigenvalue weighted by molar-refractivity contribution is 5.98. The number of rotatable bonds is 4. The molecule has 5 nitrogen and oxygen atoms in total. The molecular formula is C19H16O5. The SMILES string of the molecule is COc1ccc(-c2cc(=O)c3cc(C)c(OC)c(C=O)c3o2)cc1. The molecule has 3 aromatic rings. The van der Waals surface area contributed by atoms with Crippen LogP contribution < -0.4 is 14.9 Å². The number of benzene rings is 2. The Morgan fingerprint density at radius 1 is 1.04 bits per heavy atom. The van der Waals surface area contributed by atoms with E-state index in [0.717, 1.165) is 0 Å². The van der Waals surface area contributed by atoms with Crippen molar-refractivity contribution in [1.29, 1.82) is 0 Å². The first-order valence-corrected chi connectivity index (χ1v) is 7.34. The minimum absolute atomic E-state index is 0.212. The van der Waals surface area contributed by atoms with Crippen LogP contribution in [0.25, 0.3) is 22.3 Å². The zero-order chi connectivity index (χ0) is 17.3. The first-order valence-electron chi connectivity index (χ1n) is 7.34. The molecule has 0 bridgehead atoms. The highest BCUT2D eigenvalue weighted by Gasteiger charge is 2.17. The van der Waals surface area contributed by atoms with Crippen molar-refractivity contribution in [3.8, 4) is 22.8 Å². The molecular weight excluding hydrogens is 308 g/mol. The molecule has 0 amide bonds. The van der Waals surface area contributed by atoms with E-state index in [0.29, 0.717) is 40.1 Å². The first-order chi connectivity index (χ1) is 11.6. The summed E-state index contributed by atoms with van der Waals surface area (Å²) in [6, 6.07) is 10.2. The Bertz CT molecular complexity index is 968. The van der Waals surface area contributed by atoms with Crippen LogP contribution in [-0.4, -0.2) is 20.5 Å². The van der Waals surface area contributed by atoms with Gasteiger partial charge in [0, 0.05) is 11.6 Å². The number of methoxy groups -OCH3 is 2. The van der Waals surface area contributed by atoms with Crippen LogP contribution in [0.5, 0.6) is 11.5 Å². The fraction of sp³-hybridized carbons (Fsp3) is 0.158. The van der Waals surface area contributed by atoms with Crippen LogP contribution in [-0.2, 0) is 0 Å². The van der Waals surface area contributed by atoms with Crippen LogP contribution in [0.2, 0.25) is 0 Å². The number of hydrogen-bond acceptors (Lipinski definition) is 5. The lowest BCUT2D eigenvalue weighted by Gasteiger charge is -2.11. The summed E-state index contributed by atoms with van der Waals surface area (Å²) in [6.07, 6.45) is 0.648. The summed E-state index contributed by atoms with van der Waals surface area (Å²) < 4.78 is 16.3. The van der Waals surface area contributed by atoms with Crippen molar-refractivity contribution in [3.05, 3.63) is 57.7 Å². The highest BCUT2D eigenvalue weighted by atomic mass is 16.5. The number of carbonyl (C=O) groups excluding carboxylic acids is 1. The largest absolute Gasteiger partial charge is 0.497 e. The Kier molecular flexibility index (Phi) is 4.08. The maximum absolute atomic E-state index is 12.5. The second-order valence-electron chi connectivity index (χ2n) is 5.34. The number of aldehydes is 1. The van der Waals surface area contributed by atoms with Crippen molar-refractivity contribution in [2.75, 3.05) is 14.2 Å². The van der Waals surface area contributed by atoms with Crippen LogP contribution >= 0.6 is 0 Å². The van der Waals surface area contributed by atoms with Crippen molar-refractivity contribution in [1.82, 2.24) is 0 Å². The Balaban J connectivity index is 2.30. The van der Waals surface area contributed by atoms with Gasteiger partial charge in [-0.2, -0.15) is 0 Å². The Hall–Kier alpha value is -3.08. The molecule has 0 unspecified atom stereocenters. The number of ether oxygens (including phenoxy) is 2. The third-order valence-electron chi connectivity index (χ3n) is 3.89. The lowest BCUT2D eigenvalue weighted by atomic mass is 10.0. The predicted molar refractivity (Wildman–Crippen MR) is 91.1 cm³/mol. The fourth-order valence-electron chi connectivity index (χ4n) is 2.71. The summed E-state index contributed by atoms with van der Waals surface area (Å²) in [4.78, 5) is 24.0. The summed E-state index contributed by atoms with van der Waals surface area (Å²) in [7, 11) is 3.06. The molecule has 0 spiro atoms. The van der Waals surface area contributed by atoms with Crippen LogP contribution in [0.4, 0.5) is 0 Å². The van der Waals surface area contributed by atoms with E-state index in [1.165, 1.54) is 13.2 Å². The minimum atomic E-state index is -0.212. The predicted octanol–water partition coefficient (Wildman–Crippen LogP) is 3.60. The normalized spacial score (nSPS) is 10.6. The second-order valence-corrected chi connectivity index (χ2v) is 5.34. The van der Waals surface area contributed by atoms with Crippen molar-refractivity contribution in [2.45, 2.75) is 6.92 Å². The Labute approximate surface area is 138 Å². The summed E-state index contributed by atoms with van der Waals surface area (Å²) in [5.41, 5.74) is 1.67. The van der Waals surface area contributed by atoms with E-state index in [2.05, 4.69) is 0 Å². The van der Waals surface area contributed by atoms with E-state index in [1.807, 2.05) is 0 Å². The molecule has 24 heavy (non-hydrogen) atoms. The van der Waals surface area contributed by atoms with E-state index in [-0.39, 0.29) is 16.6 Å². The molecule has 3 rings (SSSR count). The molecule has 0 radical (unpaired) electrons. The number of fused-ring (bicyclic) bond motifs is 1. The molecule has 0 aliphatic heterocycles. The van der Waals surface area contributed by atoms with Gasteiger partial charge in [0.2, 0.25) is 0 Å². The summed E-state index contributed by atoms with van der Waals surface area (Å²) in [5, 5.41) is 0.354. The molecule has 0 fully saturated rings. The first kappa shape index (κ1) is 15.8. The Morgan fingerprint density at radius 2 is 1.75 bits per heavy atom. The van der Waals surface area contributed by atoms with Crippen molar-refractivity contribution in [3.63, 3.8) is 0 Å². The zero-order valence-electron chi connectivity index (χ0n) is 13.6. The monoisotopic (exact) mass is 324 g/mol. The Morgan fingerprint density at radius 3 is 2.33 bits per heavy atom. The van der Waals surface area contributed by atoms with Crippen molar-refractivity contribution in [2.24, 2.45) is 0 Å². The van der Waals surface area contributed by atoms with Gasteiger partial charge in [-0.15, -0.1) is 0 Å². The van der Waals surface area contributed by atoms with E-state index in [4.69, 9.17) is 13.9 Å². The third-order valence-corrected chi connectivity index (χ3v) is 3.89. The molecule has 122 valence electrons. The third kappa shape index (κ3) is 2.54. The van der Waals surface area contributed by atoms with Gasteiger partial charge in [-0.3, -0.25) is 9.59 Å². The van der Waals surface area contributed by atoms with Gasteiger partial charge in [0.05, 0.1) is 25.2 Å². The zero-order valence-corrected chi connectivity index (χ0v) is 13.6. The number of hydrogen-bond donors (Lipinski definition) is 0. The second kappa shape index (κ2) is 6.20. The minimum Gasteiger partial charge on any atom is -0.497 e. The van der Waals surface area contributed by atoms with Gasteiger partial charge in [0.25, 0.3) is 0 Å². The molecule has 0 aliphatic carbocycles. The molecule has 0 N–H and O–H groups in total. The van der Waals surface area contributed by atoms with Crippen LogP contribution in [0.3, 0.4) is 0 Å². The molecule has 0 atom stereocenters. The van der Waals surface area contributed by atoms with Crippen molar-refractivity contribution < 1.29 is 18.7 Å². The number of aryl methyl sites for hydroxylation is 1. The van der Waals surface area contributed by atoms with Crippen LogP contribution in [0.1, 0.15) is 15.9 Å². The van der Waals surface area contributed by atoms with Gasteiger partial charge in [-0.05, 0) is 42.8 Å². The van der Waals surface area contributed by atoms with Gasteiger partial charge in [-0.1, -0.05) is 0 Å². The van der Waals surface area contributed by atoms with E-state index < -0.39 is 0 Å². The smallest absolute Gasteiger partial charge is 0.193 e. The maximum atomic E-state index is 12.5. The van der Waals surface area contributed by atoms with Crippen LogP contribution in [0, 0.1) is 6.92 Å². The van der Waals surface area contributed by atoms with Gasteiger partial charge in [0.15, 0.2) is 17.3 Å². The van der Waals surface area contributed by atoms with Crippen LogP contribution in [0.15, 0.2) is 45.6 Å². The quantitative estimate of drug-likeness (QED) is 0.686. The van der Waals surface area contributed by atoms with E-state index in [9.17, 15) is 9.59 Å². The molecule has 0 saturated heterocycles. The molecule has 1 heterocycles. The molecule has 2 aromatic carbocycles. The molecule has 0 saturated carbocycles. The van der Waals surface area contributed by atoms with Gasteiger partial charge < -0.3 is 13.9 Å². The van der Waals surface area contributed by atoms with Gasteiger partial charge in [-0.25, -0.2) is 0 Å². The van der Waals surface area contributed by atoms with E-state index >= 15 is 0 Å². The molecule has 5 heteroatoms.